The van der Waals surface area contributed by atoms with Gasteiger partial charge in [0.1, 0.15) is 5.69 Å². The van der Waals surface area contributed by atoms with E-state index in [0.717, 1.165) is 29.6 Å². The summed E-state index contributed by atoms with van der Waals surface area (Å²) in [5, 5.41) is 0. The Kier molecular flexibility index (Phi) is 2.90. The van der Waals surface area contributed by atoms with E-state index < -0.39 is 0 Å². The summed E-state index contributed by atoms with van der Waals surface area (Å²) in [6, 6.07) is 7.86. The number of benzene rings is 1. The Balaban J connectivity index is 2.17. The minimum atomic E-state index is 0.0839. The van der Waals surface area contributed by atoms with Gasteiger partial charge in [-0.05, 0) is 25.0 Å². The SMILES string of the molecule is Cn1c(=O)c(C2CCCCC2)nc2ccccc21. The van der Waals surface area contributed by atoms with Crippen molar-refractivity contribution in [3.63, 3.8) is 0 Å². The van der Waals surface area contributed by atoms with Crippen molar-refractivity contribution in [2.45, 2.75) is 38.0 Å². The van der Waals surface area contributed by atoms with Crippen LogP contribution >= 0.6 is 0 Å². The highest BCUT2D eigenvalue weighted by Crippen LogP contribution is 2.30. The minimum Gasteiger partial charge on any atom is -0.308 e. The average Bonchev–Trinajstić information content (AvgIpc) is 2.44. The molecule has 1 heterocycles. The van der Waals surface area contributed by atoms with E-state index in [-0.39, 0.29) is 5.56 Å². The Morgan fingerprint density at radius 2 is 1.89 bits per heavy atom. The van der Waals surface area contributed by atoms with Crippen molar-refractivity contribution in [2.75, 3.05) is 0 Å². The quantitative estimate of drug-likeness (QED) is 0.770. The van der Waals surface area contributed by atoms with Gasteiger partial charge in [0.15, 0.2) is 0 Å². The molecule has 0 atom stereocenters. The molecule has 0 N–H and O–H groups in total. The first-order valence-corrected chi connectivity index (χ1v) is 6.73. The Morgan fingerprint density at radius 3 is 2.67 bits per heavy atom. The second kappa shape index (κ2) is 4.56. The summed E-state index contributed by atoms with van der Waals surface area (Å²) in [5.74, 6) is 0.363. The zero-order valence-corrected chi connectivity index (χ0v) is 10.7. The van der Waals surface area contributed by atoms with Gasteiger partial charge in [-0.15, -0.1) is 0 Å². The molecule has 3 heteroatoms. The van der Waals surface area contributed by atoms with Crippen LogP contribution in [0.3, 0.4) is 0 Å². The van der Waals surface area contributed by atoms with Crippen LogP contribution in [0.1, 0.15) is 43.7 Å². The van der Waals surface area contributed by atoms with Crippen LogP contribution in [0, 0.1) is 0 Å². The molecule has 1 aliphatic carbocycles. The molecule has 1 saturated carbocycles. The number of hydrogen-bond donors (Lipinski definition) is 0. The topological polar surface area (TPSA) is 34.9 Å². The zero-order valence-electron chi connectivity index (χ0n) is 10.7. The first kappa shape index (κ1) is 11.5. The maximum absolute atomic E-state index is 12.4. The van der Waals surface area contributed by atoms with E-state index in [9.17, 15) is 4.79 Å². The third-order valence-electron chi connectivity index (χ3n) is 4.00. The minimum absolute atomic E-state index is 0.0839. The van der Waals surface area contributed by atoms with Crippen LogP contribution in [0.5, 0.6) is 0 Å². The Morgan fingerprint density at radius 1 is 1.17 bits per heavy atom. The fourth-order valence-corrected chi connectivity index (χ4v) is 2.94. The lowest BCUT2D eigenvalue weighted by Gasteiger charge is -2.21. The molecule has 0 spiro atoms. The van der Waals surface area contributed by atoms with Gasteiger partial charge in [0.05, 0.1) is 11.0 Å². The molecule has 0 unspecified atom stereocenters. The predicted octanol–water partition coefficient (Wildman–Crippen LogP) is 2.98. The highest BCUT2D eigenvalue weighted by Gasteiger charge is 2.21. The molecular formula is C15H18N2O. The van der Waals surface area contributed by atoms with E-state index in [1.54, 1.807) is 4.57 Å². The van der Waals surface area contributed by atoms with Gasteiger partial charge in [-0.1, -0.05) is 31.4 Å². The van der Waals surface area contributed by atoms with E-state index in [1.807, 2.05) is 31.3 Å². The van der Waals surface area contributed by atoms with Crippen LogP contribution < -0.4 is 5.56 Å². The number of hydrogen-bond acceptors (Lipinski definition) is 2. The molecular weight excluding hydrogens is 224 g/mol. The van der Waals surface area contributed by atoms with Crippen LogP contribution in [0.4, 0.5) is 0 Å². The van der Waals surface area contributed by atoms with Gasteiger partial charge in [-0.3, -0.25) is 4.79 Å². The molecule has 0 saturated heterocycles. The van der Waals surface area contributed by atoms with E-state index in [2.05, 4.69) is 4.98 Å². The maximum atomic E-state index is 12.4. The summed E-state index contributed by atoms with van der Waals surface area (Å²) in [6.45, 7) is 0. The van der Waals surface area contributed by atoms with Crippen molar-refractivity contribution in [3.05, 3.63) is 40.3 Å². The fraction of sp³-hybridized carbons (Fsp3) is 0.467. The lowest BCUT2D eigenvalue weighted by molar-refractivity contribution is 0.433. The molecule has 0 aliphatic heterocycles. The summed E-state index contributed by atoms with van der Waals surface area (Å²) in [7, 11) is 1.85. The fourth-order valence-electron chi connectivity index (χ4n) is 2.94. The number of fused-ring (bicyclic) bond motifs is 1. The smallest absolute Gasteiger partial charge is 0.272 e. The summed E-state index contributed by atoms with van der Waals surface area (Å²) in [4.78, 5) is 17.0. The third kappa shape index (κ3) is 1.84. The van der Waals surface area contributed by atoms with Crippen molar-refractivity contribution in [1.82, 2.24) is 9.55 Å². The third-order valence-corrected chi connectivity index (χ3v) is 4.00. The van der Waals surface area contributed by atoms with Gasteiger partial charge in [0.25, 0.3) is 5.56 Å². The normalized spacial score (nSPS) is 17.2. The standard InChI is InChI=1S/C15H18N2O/c1-17-13-10-6-5-9-12(13)16-14(15(17)18)11-7-3-2-4-8-11/h5-6,9-11H,2-4,7-8H2,1H3. The predicted molar refractivity (Wildman–Crippen MR) is 72.8 cm³/mol. The largest absolute Gasteiger partial charge is 0.308 e. The molecule has 94 valence electrons. The van der Waals surface area contributed by atoms with Crippen molar-refractivity contribution in [2.24, 2.45) is 7.05 Å². The molecule has 2 aromatic rings. The molecule has 1 aromatic carbocycles. The van der Waals surface area contributed by atoms with Gasteiger partial charge in [-0.2, -0.15) is 0 Å². The molecule has 18 heavy (non-hydrogen) atoms. The Hall–Kier alpha value is -1.64. The van der Waals surface area contributed by atoms with Crippen LogP contribution in [-0.2, 0) is 7.05 Å². The van der Waals surface area contributed by atoms with Gasteiger partial charge in [0.2, 0.25) is 0 Å². The molecule has 0 radical (unpaired) electrons. The maximum Gasteiger partial charge on any atom is 0.272 e. The first-order chi connectivity index (χ1) is 8.77. The molecule has 3 rings (SSSR count). The number of nitrogens with zero attached hydrogens (tertiary/aromatic N) is 2. The van der Waals surface area contributed by atoms with Crippen molar-refractivity contribution in [3.8, 4) is 0 Å². The van der Waals surface area contributed by atoms with Gasteiger partial charge < -0.3 is 4.57 Å². The Bertz CT molecular complexity index is 624. The van der Waals surface area contributed by atoms with Crippen molar-refractivity contribution < 1.29 is 0 Å². The molecule has 0 bridgehead atoms. The highest BCUT2D eigenvalue weighted by atomic mass is 16.1. The lowest BCUT2D eigenvalue weighted by atomic mass is 9.87. The molecule has 1 aliphatic rings. The number of rotatable bonds is 1. The highest BCUT2D eigenvalue weighted by molar-refractivity contribution is 5.74. The van der Waals surface area contributed by atoms with E-state index in [4.69, 9.17) is 0 Å². The van der Waals surface area contributed by atoms with E-state index in [0.29, 0.717) is 5.92 Å². The van der Waals surface area contributed by atoms with Crippen molar-refractivity contribution >= 4 is 11.0 Å². The van der Waals surface area contributed by atoms with Gasteiger partial charge in [0, 0.05) is 13.0 Å². The summed E-state index contributed by atoms with van der Waals surface area (Å²) in [6.07, 6.45) is 5.97. The van der Waals surface area contributed by atoms with Crippen LogP contribution in [0.2, 0.25) is 0 Å². The Labute approximate surface area is 106 Å². The average molecular weight is 242 g/mol. The van der Waals surface area contributed by atoms with Crippen LogP contribution in [0.15, 0.2) is 29.1 Å². The second-order valence-corrected chi connectivity index (χ2v) is 5.18. The van der Waals surface area contributed by atoms with Crippen LogP contribution in [0.25, 0.3) is 11.0 Å². The molecule has 1 fully saturated rings. The number of aromatic nitrogens is 2. The van der Waals surface area contributed by atoms with Gasteiger partial charge >= 0.3 is 0 Å². The number of para-hydroxylation sites is 2. The molecule has 1 aromatic heterocycles. The number of aryl methyl sites for hydroxylation is 1. The van der Waals surface area contributed by atoms with Crippen LogP contribution in [-0.4, -0.2) is 9.55 Å². The molecule has 3 nitrogen and oxygen atoms in total. The monoisotopic (exact) mass is 242 g/mol. The van der Waals surface area contributed by atoms with E-state index >= 15 is 0 Å². The second-order valence-electron chi connectivity index (χ2n) is 5.18. The molecule has 0 amide bonds. The first-order valence-electron chi connectivity index (χ1n) is 6.73. The van der Waals surface area contributed by atoms with Crippen molar-refractivity contribution in [1.29, 1.82) is 0 Å². The zero-order chi connectivity index (χ0) is 12.5. The van der Waals surface area contributed by atoms with E-state index in [1.165, 1.54) is 19.3 Å². The summed E-state index contributed by atoms with van der Waals surface area (Å²) >= 11 is 0. The lowest BCUT2D eigenvalue weighted by Crippen LogP contribution is -2.26. The summed E-state index contributed by atoms with van der Waals surface area (Å²) < 4.78 is 1.74. The summed E-state index contributed by atoms with van der Waals surface area (Å²) in [5.41, 5.74) is 2.71. The van der Waals surface area contributed by atoms with Gasteiger partial charge in [-0.25, -0.2) is 4.98 Å².